The SMILES string of the molecule is CCc1cccc(CNC[C@@H](O)[C@H](Cc2cc(F)cc(F)c2)NC(=O)[C@@H](CCS(C)(=O)=O)NC(=O)OCc2ccccc2)c1. The van der Waals surface area contributed by atoms with Gasteiger partial charge in [-0.1, -0.05) is 61.5 Å². The fourth-order valence-corrected chi connectivity index (χ4v) is 5.19. The third-order valence-electron chi connectivity index (χ3n) is 6.85. The fraction of sp³-hybridized carbons (Fsp3) is 0.375. The molecule has 0 saturated heterocycles. The van der Waals surface area contributed by atoms with Gasteiger partial charge in [0.15, 0.2) is 0 Å². The summed E-state index contributed by atoms with van der Waals surface area (Å²) in [7, 11) is -3.50. The second-order valence-electron chi connectivity index (χ2n) is 10.6. The van der Waals surface area contributed by atoms with E-state index >= 15 is 0 Å². The molecule has 4 N–H and O–H groups in total. The summed E-state index contributed by atoms with van der Waals surface area (Å²) in [4.78, 5) is 26.0. The normalized spacial score (nSPS) is 13.5. The maximum Gasteiger partial charge on any atom is 0.408 e. The van der Waals surface area contributed by atoms with Gasteiger partial charge in [0.2, 0.25) is 5.91 Å². The molecule has 0 heterocycles. The van der Waals surface area contributed by atoms with Crippen molar-refractivity contribution in [3.05, 3.63) is 107 Å². The van der Waals surface area contributed by atoms with Crippen LogP contribution in [0.1, 0.15) is 35.6 Å². The minimum atomic E-state index is -3.50. The van der Waals surface area contributed by atoms with Crippen molar-refractivity contribution in [2.75, 3.05) is 18.6 Å². The molecule has 0 spiro atoms. The Morgan fingerprint density at radius 1 is 0.886 bits per heavy atom. The van der Waals surface area contributed by atoms with Crippen molar-refractivity contribution in [3.8, 4) is 0 Å². The Hall–Kier alpha value is -3.87. The minimum Gasteiger partial charge on any atom is -0.445 e. The molecule has 44 heavy (non-hydrogen) atoms. The number of aliphatic hydroxyl groups excluding tert-OH is 1. The number of benzene rings is 3. The average molecular weight is 632 g/mol. The first-order chi connectivity index (χ1) is 20.9. The number of nitrogens with one attached hydrogen (secondary N) is 3. The molecule has 3 aromatic carbocycles. The number of aryl methyl sites for hydroxylation is 1. The van der Waals surface area contributed by atoms with Gasteiger partial charge in [0.05, 0.1) is 17.9 Å². The van der Waals surface area contributed by atoms with Crippen LogP contribution in [0.3, 0.4) is 0 Å². The molecular formula is C32H39F2N3O6S. The molecule has 3 atom stereocenters. The van der Waals surface area contributed by atoms with E-state index in [9.17, 15) is 31.9 Å². The zero-order valence-corrected chi connectivity index (χ0v) is 25.6. The van der Waals surface area contributed by atoms with Gasteiger partial charge in [0.25, 0.3) is 0 Å². The highest BCUT2D eigenvalue weighted by molar-refractivity contribution is 7.90. The Kier molecular flexibility index (Phi) is 13.2. The molecule has 2 amide bonds. The quantitative estimate of drug-likeness (QED) is 0.190. The zero-order valence-electron chi connectivity index (χ0n) is 24.8. The van der Waals surface area contributed by atoms with Crippen molar-refractivity contribution in [1.29, 1.82) is 0 Å². The molecule has 0 aliphatic heterocycles. The topological polar surface area (TPSA) is 134 Å². The van der Waals surface area contributed by atoms with Gasteiger partial charge >= 0.3 is 6.09 Å². The lowest BCUT2D eigenvalue weighted by atomic mass is 9.99. The van der Waals surface area contributed by atoms with Crippen LogP contribution in [0.4, 0.5) is 13.6 Å². The van der Waals surface area contributed by atoms with Crippen molar-refractivity contribution in [3.63, 3.8) is 0 Å². The number of sulfone groups is 1. The molecule has 0 aliphatic rings. The lowest BCUT2D eigenvalue weighted by molar-refractivity contribution is -0.124. The highest BCUT2D eigenvalue weighted by Gasteiger charge is 2.28. The van der Waals surface area contributed by atoms with E-state index in [1.165, 1.54) is 0 Å². The summed E-state index contributed by atoms with van der Waals surface area (Å²) in [5.74, 6) is -2.84. The minimum absolute atomic E-state index is 0.0135. The van der Waals surface area contributed by atoms with Crippen LogP contribution in [0.25, 0.3) is 0 Å². The molecule has 0 aliphatic carbocycles. The Morgan fingerprint density at radius 3 is 2.20 bits per heavy atom. The molecule has 0 fully saturated rings. The largest absolute Gasteiger partial charge is 0.445 e. The number of hydrogen-bond donors (Lipinski definition) is 4. The summed E-state index contributed by atoms with van der Waals surface area (Å²) in [5, 5.41) is 19.3. The van der Waals surface area contributed by atoms with Crippen molar-refractivity contribution >= 4 is 21.8 Å². The number of hydrogen-bond acceptors (Lipinski definition) is 7. The number of alkyl carbamates (subject to hydrolysis) is 1. The first-order valence-electron chi connectivity index (χ1n) is 14.3. The highest BCUT2D eigenvalue weighted by Crippen LogP contribution is 2.13. The number of carbonyl (C=O) groups is 2. The van der Waals surface area contributed by atoms with E-state index in [2.05, 4.69) is 16.0 Å². The summed E-state index contributed by atoms with van der Waals surface area (Å²) in [6.07, 6.45) is -0.713. The summed E-state index contributed by atoms with van der Waals surface area (Å²) in [5.41, 5.74) is 3.03. The van der Waals surface area contributed by atoms with E-state index in [0.717, 1.165) is 35.9 Å². The van der Waals surface area contributed by atoms with Crippen LogP contribution in [0.5, 0.6) is 0 Å². The summed E-state index contributed by atoms with van der Waals surface area (Å²) >= 11 is 0. The maximum atomic E-state index is 14.0. The first kappa shape index (κ1) is 34.6. The number of carbonyl (C=O) groups excluding carboxylic acids is 2. The van der Waals surface area contributed by atoms with Gasteiger partial charge in [-0.25, -0.2) is 22.0 Å². The Morgan fingerprint density at radius 2 is 1.55 bits per heavy atom. The van der Waals surface area contributed by atoms with Gasteiger partial charge in [0.1, 0.15) is 34.1 Å². The number of amides is 2. The maximum absolute atomic E-state index is 14.0. The summed E-state index contributed by atoms with van der Waals surface area (Å²) in [6, 6.07) is 17.3. The Bertz CT molecular complexity index is 1470. The molecule has 3 rings (SSSR count). The number of ether oxygens (including phenoxy) is 1. The molecular weight excluding hydrogens is 592 g/mol. The van der Waals surface area contributed by atoms with Crippen LogP contribution in [0.2, 0.25) is 0 Å². The summed E-state index contributed by atoms with van der Waals surface area (Å²) < 4.78 is 56.9. The van der Waals surface area contributed by atoms with Crippen LogP contribution in [0.15, 0.2) is 72.8 Å². The third kappa shape index (κ3) is 12.4. The highest BCUT2D eigenvalue weighted by atomic mass is 32.2. The number of aliphatic hydroxyl groups is 1. The van der Waals surface area contributed by atoms with E-state index in [1.54, 1.807) is 30.3 Å². The first-order valence-corrected chi connectivity index (χ1v) is 16.3. The van der Waals surface area contributed by atoms with Crippen LogP contribution in [0, 0.1) is 11.6 Å². The van der Waals surface area contributed by atoms with Gasteiger partial charge in [-0.3, -0.25) is 4.79 Å². The fourth-order valence-electron chi connectivity index (χ4n) is 4.52. The van der Waals surface area contributed by atoms with Gasteiger partial charge in [-0.2, -0.15) is 0 Å². The second kappa shape index (κ2) is 16.8. The predicted octanol–water partition coefficient (Wildman–Crippen LogP) is 3.43. The van der Waals surface area contributed by atoms with E-state index in [0.29, 0.717) is 18.2 Å². The van der Waals surface area contributed by atoms with Crippen LogP contribution in [-0.4, -0.2) is 62.3 Å². The molecule has 12 heteroatoms. The zero-order chi connectivity index (χ0) is 32.1. The number of rotatable bonds is 16. The Balaban J connectivity index is 1.73. The molecule has 0 radical (unpaired) electrons. The lowest BCUT2D eigenvalue weighted by Crippen LogP contribution is -2.55. The monoisotopic (exact) mass is 631 g/mol. The molecule has 238 valence electrons. The lowest BCUT2D eigenvalue weighted by Gasteiger charge is -2.27. The molecule has 0 bridgehead atoms. The average Bonchev–Trinajstić information content (AvgIpc) is 2.97. The van der Waals surface area contributed by atoms with Crippen molar-refractivity contribution < 1.29 is 36.6 Å². The van der Waals surface area contributed by atoms with E-state index in [1.807, 2.05) is 31.2 Å². The van der Waals surface area contributed by atoms with E-state index in [4.69, 9.17) is 4.74 Å². The van der Waals surface area contributed by atoms with E-state index < -0.39 is 57.4 Å². The molecule has 0 unspecified atom stereocenters. The third-order valence-corrected chi connectivity index (χ3v) is 7.83. The predicted molar refractivity (Wildman–Crippen MR) is 163 cm³/mol. The molecule has 3 aromatic rings. The van der Waals surface area contributed by atoms with Gasteiger partial charge in [0, 0.05) is 25.4 Å². The van der Waals surface area contributed by atoms with Crippen molar-refractivity contribution in [2.45, 2.75) is 57.5 Å². The Labute approximate surface area is 256 Å². The van der Waals surface area contributed by atoms with E-state index in [-0.39, 0.29) is 31.6 Å². The number of halogens is 2. The van der Waals surface area contributed by atoms with Crippen molar-refractivity contribution in [1.82, 2.24) is 16.0 Å². The smallest absolute Gasteiger partial charge is 0.408 e. The van der Waals surface area contributed by atoms with Crippen LogP contribution in [-0.2, 0) is 45.4 Å². The van der Waals surface area contributed by atoms with Gasteiger partial charge in [-0.15, -0.1) is 0 Å². The molecule has 0 aromatic heterocycles. The standard InChI is InChI=1S/C32H39F2N3O6S/c1-3-22-10-7-11-24(14-22)19-35-20-30(38)29(17-25-15-26(33)18-27(34)16-25)36-31(39)28(12-13-44(2,41)42)37-32(40)43-21-23-8-5-4-6-9-23/h4-11,14-16,18,28-30,35,38H,3,12-13,17,19-21H2,1-2H3,(H,36,39)(H,37,40)/t28-,29+,30-/m1/s1. The molecule has 0 saturated carbocycles. The van der Waals surface area contributed by atoms with Crippen molar-refractivity contribution in [2.24, 2.45) is 0 Å². The van der Waals surface area contributed by atoms with Crippen LogP contribution >= 0.6 is 0 Å². The van der Waals surface area contributed by atoms with Crippen LogP contribution < -0.4 is 16.0 Å². The van der Waals surface area contributed by atoms with Gasteiger partial charge < -0.3 is 25.8 Å². The second-order valence-corrected chi connectivity index (χ2v) is 12.9. The van der Waals surface area contributed by atoms with Gasteiger partial charge in [-0.05, 0) is 53.6 Å². The molecule has 9 nitrogen and oxygen atoms in total. The summed E-state index contributed by atoms with van der Waals surface area (Å²) in [6.45, 7) is 2.40.